The highest BCUT2D eigenvalue weighted by molar-refractivity contribution is 7.99. The summed E-state index contributed by atoms with van der Waals surface area (Å²) in [5.41, 5.74) is 0. The molecule has 0 spiro atoms. The first kappa shape index (κ1) is 17.6. The molecule has 1 saturated heterocycles. The van der Waals surface area contributed by atoms with Gasteiger partial charge in [-0.15, -0.1) is 11.8 Å². The van der Waals surface area contributed by atoms with Gasteiger partial charge in [-0.1, -0.05) is 27.2 Å². The Morgan fingerprint density at radius 2 is 2.05 bits per heavy atom. The van der Waals surface area contributed by atoms with E-state index < -0.39 is 0 Å². The van der Waals surface area contributed by atoms with E-state index in [1.54, 1.807) is 0 Å². The number of hydrogen-bond donors (Lipinski definition) is 0. The number of unbranched alkanes of at least 4 members (excludes halogenated alkanes) is 2. The van der Waals surface area contributed by atoms with Crippen molar-refractivity contribution in [3.05, 3.63) is 0 Å². The number of rotatable bonds is 8. The molecule has 1 aliphatic heterocycles. The van der Waals surface area contributed by atoms with Crippen LogP contribution in [-0.2, 0) is 4.74 Å². The molecule has 0 radical (unpaired) electrons. The topological polar surface area (TPSA) is 12.5 Å². The van der Waals surface area contributed by atoms with E-state index in [2.05, 4.69) is 37.4 Å². The van der Waals surface area contributed by atoms with Gasteiger partial charge in [-0.05, 0) is 56.4 Å². The summed E-state index contributed by atoms with van der Waals surface area (Å²) >= 11 is 2.07. The smallest absolute Gasteiger partial charge is 0.0608 e. The second kappa shape index (κ2) is 9.42. The van der Waals surface area contributed by atoms with Crippen molar-refractivity contribution in [1.29, 1.82) is 0 Å². The first-order valence-corrected chi connectivity index (χ1v) is 10.2. The maximum Gasteiger partial charge on any atom is 0.0608 e. The van der Waals surface area contributed by atoms with E-state index in [1.165, 1.54) is 63.2 Å². The lowest BCUT2D eigenvalue weighted by Crippen LogP contribution is -2.34. The molecule has 3 atom stereocenters. The molecule has 1 heterocycles. The predicted octanol–water partition coefficient (Wildman–Crippen LogP) is 4.64. The average Bonchev–Trinajstić information content (AvgIpc) is 2.95. The summed E-state index contributed by atoms with van der Waals surface area (Å²) in [6, 6.07) is 0. The number of hydrogen-bond acceptors (Lipinski definition) is 3. The SMILES string of the molecule is CC1CCC(C(C)C)C(OCCCCCN2CCSC2)C1. The molecule has 3 unspecified atom stereocenters. The molecule has 2 nitrogen and oxygen atoms in total. The third-order valence-electron chi connectivity index (χ3n) is 5.24. The number of nitrogens with zero attached hydrogens (tertiary/aromatic N) is 1. The lowest BCUT2D eigenvalue weighted by molar-refractivity contribution is -0.0394. The summed E-state index contributed by atoms with van der Waals surface area (Å²) in [5.74, 6) is 5.02. The van der Waals surface area contributed by atoms with Crippen LogP contribution in [-0.4, -0.2) is 42.3 Å². The molecule has 2 aliphatic rings. The van der Waals surface area contributed by atoms with Gasteiger partial charge in [0.25, 0.3) is 0 Å². The Morgan fingerprint density at radius 3 is 2.76 bits per heavy atom. The highest BCUT2D eigenvalue weighted by atomic mass is 32.2. The Balaban J connectivity index is 1.55. The highest BCUT2D eigenvalue weighted by Gasteiger charge is 2.31. The van der Waals surface area contributed by atoms with Crippen LogP contribution in [0.4, 0.5) is 0 Å². The maximum absolute atomic E-state index is 6.28. The van der Waals surface area contributed by atoms with Crippen molar-refractivity contribution >= 4 is 11.8 Å². The molecular weight excluding hydrogens is 278 g/mol. The van der Waals surface area contributed by atoms with Crippen molar-refractivity contribution in [2.24, 2.45) is 17.8 Å². The van der Waals surface area contributed by atoms with Gasteiger partial charge in [0.15, 0.2) is 0 Å². The summed E-state index contributed by atoms with van der Waals surface area (Å²) in [5, 5.41) is 0. The highest BCUT2D eigenvalue weighted by Crippen LogP contribution is 2.35. The third kappa shape index (κ3) is 6.11. The van der Waals surface area contributed by atoms with Crippen molar-refractivity contribution in [2.45, 2.75) is 65.4 Å². The molecule has 2 rings (SSSR count). The van der Waals surface area contributed by atoms with Crippen LogP contribution in [0.15, 0.2) is 0 Å². The second-order valence-electron chi connectivity index (χ2n) is 7.45. The van der Waals surface area contributed by atoms with Crippen molar-refractivity contribution in [1.82, 2.24) is 4.90 Å². The summed E-state index contributed by atoms with van der Waals surface area (Å²) in [6.45, 7) is 10.7. The molecule has 3 heteroatoms. The van der Waals surface area contributed by atoms with Crippen molar-refractivity contribution in [3.63, 3.8) is 0 Å². The lowest BCUT2D eigenvalue weighted by atomic mass is 9.75. The van der Waals surface area contributed by atoms with Crippen LogP contribution in [0.1, 0.15) is 59.3 Å². The Labute approximate surface area is 136 Å². The van der Waals surface area contributed by atoms with Gasteiger partial charge in [0.2, 0.25) is 0 Å². The van der Waals surface area contributed by atoms with Gasteiger partial charge in [-0.2, -0.15) is 0 Å². The first-order chi connectivity index (χ1) is 10.2. The van der Waals surface area contributed by atoms with Crippen LogP contribution in [0.3, 0.4) is 0 Å². The number of ether oxygens (including phenoxy) is 1. The van der Waals surface area contributed by atoms with E-state index in [0.717, 1.165) is 24.4 Å². The molecule has 0 aromatic carbocycles. The van der Waals surface area contributed by atoms with Gasteiger partial charge in [0, 0.05) is 24.8 Å². The van der Waals surface area contributed by atoms with E-state index in [1.807, 2.05) is 0 Å². The van der Waals surface area contributed by atoms with E-state index in [9.17, 15) is 0 Å². The zero-order valence-electron chi connectivity index (χ0n) is 14.4. The standard InChI is InChI=1S/C18H35NOS/c1-15(2)17-8-7-16(3)13-18(17)20-11-6-4-5-9-19-10-12-21-14-19/h15-18H,4-14H2,1-3H3. The molecule has 0 aromatic heterocycles. The van der Waals surface area contributed by atoms with Crippen molar-refractivity contribution < 1.29 is 4.74 Å². The lowest BCUT2D eigenvalue weighted by Gasteiger charge is -2.37. The molecule has 0 N–H and O–H groups in total. The Bertz CT molecular complexity index is 278. The van der Waals surface area contributed by atoms with Crippen LogP contribution >= 0.6 is 11.8 Å². The van der Waals surface area contributed by atoms with Crippen LogP contribution in [0.25, 0.3) is 0 Å². The van der Waals surface area contributed by atoms with Gasteiger partial charge in [-0.3, -0.25) is 4.90 Å². The predicted molar refractivity (Wildman–Crippen MR) is 93.8 cm³/mol. The summed E-state index contributed by atoms with van der Waals surface area (Å²) in [6.07, 6.45) is 8.51. The summed E-state index contributed by atoms with van der Waals surface area (Å²) < 4.78 is 6.28. The maximum atomic E-state index is 6.28. The first-order valence-electron chi connectivity index (χ1n) is 9.08. The van der Waals surface area contributed by atoms with Gasteiger partial charge >= 0.3 is 0 Å². The monoisotopic (exact) mass is 313 g/mol. The molecule has 0 bridgehead atoms. The quantitative estimate of drug-likeness (QED) is 0.606. The van der Waals surface area contributed by atoms with Crippen LogP contribution in [0, 0.1) is 17.8 Å². The zero-order chi connectivity index (χ0) is 15.1. The van der Waals surface area contributed by atoms with Gasteiger partial charge < -0.3 is 4.74 Å². The van der Waals surface area contributed by atoms with Gasteiger partial charge in [0.05, 0.1) is 6.10 Å². The summed E-state index contributed by atoms with van der Waals surface area (Å²) in [4.78, 5) is 2.59. The molecule has 1 aliphatic carbocycles. The third-order valence-corrected chi connectivity index (χ3v) is 6.26. The zero-order valence-corrected chi connectivity index (χ0v) is 15.2. The molecule has 2 fully saturated rings. The molecule has 0 aromatic rings. The van der Waals surface area contributed by atoms with Gasteiger partial charge in [-0.25, -0.2) is 0 Å². The molecule has 1 saturated carbocycles. The fourth-order valence-electron chi connectivity index (χ4n) is 3.78. The van der Waals surface area contributed by atoms with Crippen molar-refractivity contribution in [3.8, 4) is 0 Å². The molecular formula is C18H35NOS. The minimum absolute atomic E-state index is 0.531. The average molecular weight is 314 g/mol. The van der Waals surface area contributed by atoms with E-state index in [4.69, 9.17) is 4.74 Å². The Hall–Kier alpha value is 0.270. The minimum Gasteiger partial charge on any atom is -0.378 e. The summed E-state index contributed by atoms with van der Waals surface area (Å²) in [7, 11) is 0. The number of thioether (sulfide) groups is 1. The minimum atomic E-state index is 0.531. The molecule has 21 heavy (non-hydrogen) atoms. The Morgan fingerprint density at radius 1 is 1.19 bits per heavy atom. The van der Waals surface area contributed by atoms with Crippen LogP contribution < -0.4 is 0 Å². The van der Waals surface area contributed by atoms with Crippen LogP contribution in [0.2, 0.25) is 0 Å². The second-order valence-corrected chi connectivity index (χ2v) is 8.53. The van der Waals surface area contributed by atoms with E-state index in [0.29, 0.717) is 6.10 Å². The normalized spacial score (nSPS) is 31.1. The molecule has 124 valence electrons. The Kier molecular flexibility index (Phi) is 7.90. The van der Waals surface area contributed by atoms with E-state index in [-0.39, 0.29) is 0 Å². The largest absolute Gasteiger partial charge is 0.378 e. The van der Waals surface area contributed by atoms with Crippen molar-refractivity contribution in [2.75, 3.05) is 31.3 Å². The fraction of sp³-hybridized carbons (Fsp3) is 1.00. The van der Waals surface area contributed by atoms with Gasteiger partial charge in [0.1, 0.15) is 0 Å². The molecule has 0 amide bonds. The van der Waals surface area contributed by atoms with E-state index >= 15 is 0 Å². The van der Waals surface area contributed by atoms with Crippen LogP contribution in [0.5, 0.6) is 0 Å². The fourth-order valence-corrected chi connectivity index (χ4v) is 4.82.